The van der Waals surface area contributed by atoms with Gasteiger partial charge in [-0.25, -0.2) is 4.79 Å². The van der Waals surface area contributed by atoms with Gasteiger partial charge in [0.1, 0.15) is 5.75 Å². The quantitative estimate of drug-likeness (QED) is 0.429. The maximum Gasteiger partial charge on any atom is 0.330 e. The smallest absolute Gasteiger partial charge is 0.330 e. The van der Waals surface area contributed by atoms with Gasteiger partial charge in [-0.2, -0.15) is 0 Å². The number of hydrogen-bond donors (Lipinski definition) is 1. The highest BCUT2D eigenvalue weighted by Gasteiger charge is 2.03. The molecule has 0 fully saturated rings. The van der Waals surface area contributed by atoms with E-state index < -0.39 is 12.1 Å². The number of rotatable bonds is 9. The topological polar surface area (TPSA) is 65.0 Å². The minimum absolute atomic E-state index is 0.404. The molecule has 0 aliphatic carbocycles. The molecular formula is C16H22O5. The van der Waals surface area contributed by atoms with Crippen LogP contribution in [-0.2, 0) is 20.9 Å². The van der Waals surface area contributed by atoms with E-state index in [4.69, 9.17) is 9.47 Å². The van der Waals surface area contributed by atoms with Crippen LogP contribution in [0, 0.1) is 0 Å². The highest BCUT2D eigenvalue weighted by molar-refractivity contribution is 5.81. The number of ether oxygens (including phenoxy) is 3. The molecule has 1 aromatic rings. The summed E-state index contributed by atoms with van der Waals surface area (Å²) in [5, 5.41) is 9.70. The summed E-state index contributed by atoms with van der Waals surface area (Å²) in [7, 11) is 2.94. The van der Waals surface area contributed by atoms with E-state index in [2.05, 4.69) is 4.74 Å². The molecule has 1 aromatic carbocycles. The second-order valence-corrected chi connectivity index (χ2v) is 4.50. The van der Waals surface area contributed by atoms with Gasteiger partial charge in [0.05, 0.1) is 26.9 Å². The van der Waals surface area contributed by atoms with Crippen LogP contribution >= 0.6 is 0 Å². The fourth-order valence-electron chi connectivity index (χ4n) is 1.64. The first-order valence-corrected chi connectivity index (χ1v) is 6.79. The van der Waals surface area contributed by atoms with Gasteiger partial charge < -0.3 is 19.3 Å². The Morgan fingerprint density at radius 3 is 2.62 bits per heavy atom. The van der Waals surface area contributed by atoms with Crippen molar-refractivity contribution in [2.75, 3.05) is 20.8 Å². The molecule has 0 aromatic heterocycles. The molecule has 1 N–H and O–H groups in total. The molecule has 0 aliphatic rings. The molecule has 21 heavy (non-hydrogen) atoms. The Bertz CT molecular complexity index is 438. The van der Waals surface area contributed by atoms with Gasteiger partial charge in [-0.15, -0.1) is 0 Å². The molecule has 0 aliphatic heterocycles. The van der Waals surface area contributed by atoms with Gasteiger partial charge in [0, 0.05) is 12.7 Å². The van der Waals surface area contributed by atoms with E-state index in [0.717, 1.165) is 11.3 Å². The van der Waals surface area contributed by atoms with Crippen LogP contribution in [0.25, 0.3) is 0 Å². The molecule has 1 rings (SSSR count). The van der Waals surface area contributed by atoms with Crippen molar-refractivity contribution in [3.63, 3.8) is 0 Å². The third-order valence-corrected chi connectivity index (χ3v) is 2.89. The highest BCUT2D eigenvalue weighted by Crippen LogP contribution is 2.12. The molecule has 116 valence electrons. The number of aliphatic hydroxyl groups excluding tert-OH is 1. The molecule has 0 spiro atoms. The third kappa shape index (κ3) is 7.48. The number of carbonyl (C=O) groups is 1. The van der Waals surface area contributed by atoms with Gasteiger partial charge >= 0.3 is 5.97 Å². The van der Waals surface area contributed by atoms with Crippen LogP contribution in [0.15, 0.2) is 36.4 Å². The Morgan fingerprint density at radius 1 is 1.29 bits per heavy atom. The Morgan fingerprint density at radius 2 is 2.00 bits per heavy atom. The lowest BCUT2D eigenvalue weighted by molar-refractivity contribution is -0.134. The molecule has 5 heteroatoms. The van der Waals surface area contributed by atoms with Crippen LogP contribution in [-0.4, -0.2) is 38.0 Å². The number of esters is 1. The Hall–Kier alpha value is -1.85. The van der Waals surface area contributed by atoms with Crippen molar-refractivity contribution < 1.29 is 24.1 Å². The molecule has 0 unspecified atom stereocenters. The number of methoxy groups -OCH3 is 2. The Labute approximate surface area is 125 Å². The van der Waals surface area contributed by atoms with Crippen molar-refractivity contribution in [1.82, 2.24) is 0 Å². The predicted octanol–water partition coefficient (Wildman–Crippen LogP) is 2.08. The highest BCUT2D eigenvalue weighted by atomic mass is 16.5. The summed E-state index contributed by atoms with van der Waals surface area (Å²) >= 11 is 0. The van der Waals surface area contributed by atoms with E-state index in [1.165, 1.54) is 13.2 Å². The fraction of sp³-hybridized carbons (Fsp3) is 0.438. The van der Waals surface area contributed by atoms with E-state index in [1.807, 2.05) is 24.3 Å². The monoisotopic (exact) mass is 294 g/mol. The first kappa shape index (κ1) is 17.2. The lowest BCUT2D eigenvalue weighted by Crippen LogP contribution is -2.09. The number of aliphatic hydroxyl groups is 1. The van der Waals surface area contributed by atoms with E-state index >= 15 is 0 Å². The van der Waals surface area contributed by atoms with Crippen LogP contribution in [0.1, 0.15) is 18.4 Å². The number of carbonyl (C=O) groups excluding carboxylic acids is 1. The number of benzene rings is 1. The molecule has 0 amide bonds. The van der Waals surface area contributed by atoms with Crippen LogP contribution in [0.3, 0.4) is 0 Å². The van der Waals surface area contributed by atoms with Gasteiger partial charge in [0.15, 0.2) is 0 Å². The lowest BCUT2D eigenvalue weighted by atomic mass is 10.2. The molecule has 0 saturated heterocycles. The zero-order valence-electron chi connectivity index (χ0n) is 12.5. The average molecular weight is 294 g/mol. The second-order valence-electron chi connectivity index (χ2n) is 4.50. The zero-order chi connectivity index (χ0) is 15.5. The van der Waals surface area contributed by atoms with E-state index in [1.54, 1.807) is 13.2 Å². The molecule has 0 saturated carbocycles. The maximum atomic E-state index is 10.8. The van der Waals surface area contributed by atoms with Crippen molar-refractivity contribution >= 4 is 5.97 Å². The van der Waals surface area contributed by atoms with Gasteiger partial charge in [0.2, 0.25) is 0 Å². The minimum Gasteiger partial charge on any atom is -0.497 e. The van der Waals surface area contributed by atoms with Crippen molar-refractivity contribution in [2.45, 2.75) is 25.6 Å². The first-order valence-electron chi connectivity index (χ1n) is 6.79. The van der Waals surface area contributed by atoms with Crippen molar-refractivity contribution in [2.24, 2.45) is 0 Å². The summed E-state index contributed by atoms with van der Waals surface area (Å²) in [5.74, 6) is 0.393. The van der Waals surface area contributed by atoms with Crippen LogP contribution < -0.4 is 4.74 Å². The summed E-state index contributed by atoms with van der Waals surface area (Å²) in [6.45, 7) is 0.952. The SMILES string of the molecule is COC(=O)/C=C/C[C@@H](O)CCOCc1ccc(OC)cc1. The van der Waals surface area contributed by atoms with E-state index in [9.17, 15) is 9.90 Å². The van der Waals surface area contributed by atoms with Crippen LogP contribution in [0.5, 0.6) is 5.75 Å². The summed E-state index contributed by atoms with van der Waals surface area (Å²) < 4.78 is 15.0. The molecular weight excluding hydrogens is 272 g/mol. The standard InChI is InChI=1S/C16H22O5/c1-19-15-8-6-13(7-9-15)12-21-11-10-14(17)4-3-5-16(18)20-2/h3,5-9,14,17H,4,10-12H2,1-2H3/b5-3+/t14-/m1/s1. The van der Waals surface area contributed by atoms with E-state index in [-0.39, 0.29) is 0 Å². The average Bonchev–Trinajstić information content (AvgIpc) is 2.52. The summed E-state index contributed by atoms with van der Waals surface area (Å²) in [6, 6.07) is 7.64. The largest absolute Gasteiger partial charge is 0.497 e. The molecule has 0 radical (unpaired) electrons. The molecule has 5 nitrogen and oxygen atoms in total. The van der Waals surface area contributed by atoms with Gasteiger partial charge in [-0.1, -0.05) is 18.2 Å². The summed E-state index contributed by atoms with van der Waals surface area (Å²) in [4.78, 5) is 10.8. The fourth-order valence-corrected chi connectivity index (χ4v) is 1.64. The second kappa shape index (κ2) is 9.96. The number of hydrogen-bond acceptors (Lipinski definition) is 5. The summed E-state index contributed by atoms with van der Waals surface area (Å²) in [6.07, 6.45) is 3.30. The van der Waals surface area contributed by atoms with Gasteiger partial charge in [-0.05, 0) is 30.5 Å². The molecule has 0 heterocycles. The summed E-state index contributed by atoms with van der Waals surface area (Å²) in [5.41, 5.74) is 1.05. The van der Waals surface area contributed by atoms with Crippen LogP contribution in [0.4, 0.5) is 0 Å². The zero-order valence-corrected chi connectivity index (χ0v) is 12.5. The Balaban J connectivity index is 2.15. The van der Waals surface area contributed by atoms with E-state index in [0.29, 0.717) is 26.1 Å². The van der Waals surface area contributed by atoms with Crippen molar-refractivity contribution in [3.05, 3.63) is 42.0 Å². The maximum absolute atomic E-state index is 10.8. The van der Waals surface area contributed by atoms with Crippen molar-refractivity contribution in [3.8, 4) is 5.75 Å². The lowest BCUT2D eigenvalue weighted by Gasteiger charge is -2.09. The first-order chi connectivity index (χ1) is 10.2. The van der Waals surface area contributed by atoms with Gasteiger partial charge in [-0.3, -0.25) is 0 Å². The minimum atomic E-state index is -0.526. The molecule has 1 atom stereocenters. The normalized spacial score (nSPS) is 12.3. The molecule has 0 bridgehead atoms. The van der Waals surface area contributed by atoms with Gasteiger partial charge in [0.25, 0.3) is 0 Å². The third-order valence-electron chi connectivity index (χ3n) is 2.89. The van der Waals surface area contributed by atoms with Crippen LogP contribution in [0.2, 0.25) is 0 Å². The van der Waals surface area contributed by atoms with Crippen molar-refractivity contribution in [1.29, 1.82) is 0 Å². The predicted molar refractivity (Wildman–Crippen MR) is 79.0 cm³/mol. The Kier molecular flexibility index (Phi) is 8.16.